The maximum Gasteiger partial charge on any atom is 0.418 e. The SMILES string of the molecule is CC(C)CN(CC(C)C)[C@@H](C(N)=O)C(=O)Nc1ccc(N2CCOCC2=O)c(C(F)(F)F)c1. The third kappa shape index (κ3) is 7.16. The van der Waals surface area contributed by atoms with Crippen molar-refractivity contribution in [1.29, 1.82) is 0 Å². The zero-order valence-corrected chi connectivity index (χ0v) is 19.2. The van der Waals surface area contributed by atoms with E-state index in [9.17, 15) is 27.6 Å². The minimum Gasteiger partial charge on any atom is -0.370 e. The Morgan fingerprint density at radius 3 is 2.27 bits per heavy atom. The largest absolute Gasteiger partial charge is 0.418 e. The first-order valence-electron chi connectivity index (χ1n) is 10.7. The van der Waals surface area contributed by atoms with Crippen molar-refractivity contribution in [2.75, 3.05) is 43.1 Å². The average Bonchev–Trinajstić information content (AvgIpc) is 2.66. The van der Waals surface area contributed by atoms with Gasteiger partial charge in [0.2, 0.25) is 5.91 Å². The summed E-state index contributed by atoms with van der Waals surface area (Å²) < 4.78 is 46.3. The second kappa shape index (κ2) is 11.0. The van der Waals surface area contributed by atoms with Crippen molar-refractivity contribution in [1.82, 2.24) is 4.90 Å². The summed E-state index contributed by atoms with van der Waals surface area (Å²) in [6.45, 7) is 8.29. The summed E-state index contributed by atoms with van der Waals surface area (Å²) >= 11 is 0. The number of carbonyl (C=O) groups excluding carboxylic acids is 3. The first-order valence-corrected chi connectivity index (χ1v) is 10.7. The zero-order valence-electron chi connectivity index (χ0n) is 19.2. The number of hydrogen-bond acceptors (Lipinski definition) is 5. The number of rotatable bonds is 9. The van der Waals surface area contributed by atoms with Crippen LogP contribution in [0.5, 0.6) is 0 Å². The lowest BCUT2D eigenvalue weighted by molar-refractivity contribution is -0.138. The Bertz CT molecular complexity index is 864. The quantitative estimate of drug-likeness (QED) is 0.538. The Morgan fingerprint density at radius 2 is 1.79 bits per heavy atom. The van der Waals surface area contributed by atoms with E-state index in [1.807, 2.05) is 27.7 Å². The van der Waals surface area contributed by atoms with Gasteiger partial charge in [-0.2, -0.15) is 13.2 Å². The normalized spacial score (nSPS) is 15.9. The van der Waals surface area contributed by atoms with Gasteiger partial charge in [-0.15, -0.1) is 0 Å². The van der Waals surface area contributed by atoms with E-state index in [0.717, 1.165) is 17.0 Å². The highest BCUT2D eigenvalue weighted by Gasteiger charge is 2.38. The van der Waals surface area contributed by atoms with Crippen molar-refractivity contribution in [2.45, 2.75) is 39.9 Å². The molecule has 33 heavy (non-hydrogen) atoms. The van der Waals surface area contributed by atoms with Gasteiger partial charge in [0.05, 0.1) is 17.9 Å². The van der Waals surface area contributed by atoms with E-state index in [-0.39, 0.29) is 43.0 Å². The minimum atomic E-state index is -4.78. The number of hydrogen-bond donors (Lipinski definition) is 2. The Hall–Kier alpha value is -2.66. The van der Waals surface area contributed by atoms with Crippen LogP contribution >= 0.6 is 0 Å². The van der Waals surface area contributed by atoms with Gasteiger partial charge < -0.3 is 20.7 Å². The number of carbonyl (C=O) groups is 3. The third-order valence-corrected chi connectivity index (χ3v) is 4.93. The lowest BCUT2D eigenvalue weighted by Gasteiger charge is -2.32. The molecule has 1 atom stereocenters. The summed E-state index contributed by atoms with van der Waals surface area (Å²) in [5, 5.41) is 2.39. The molecule has 3 amide bonds. The van der Waals surface area contributed by atoms with E-state index in [0.29, 0.717) is 13.1 Å². The molecule has 1 aliphatic rings. The van der Waals surface area contributed by atoms with Crippen LogP contribution in [-0.2, 0) is 25.3 Å². The molecule has 1 heterocycles. The topological polar surface area (TPSA) is 105 Å². The summed E-state index contributed by atoms with van der Waals surface area (Å²) in [5.41, 5.74) is 3.95. The Balaban J connectivity index is 2.36. The second-order valence-corrected chi connectivity index (χ2v) is 8.86. The molecule has 11 heteroatoms. The highest BCUT2D eigenvalue weighted by molar-refractivity contribution is 6.09. The molecule has 1 aromatic rings. The lowest BCUT2D eigenvalue weighted by atomic mass is 10.1. The summed E-state index contributed by atoms with van der Waals surface area (Å²) in [6.07, 6.45) is -4.78. The summed E-state index contributed by atoms with van der Waals surface area (Å²) in [5.74, 6) is -2.04. The molecule has 3 N–H and O–H groups in total. The standard InChI is InChI=1S/C22H31F3N4O4/c1-13(2)10-28(11-14(3)4)19(20(26)31)21(32)27-15-5-6-17(16(9-15)22(23,24)25)29-7-8-33-12-18(29)30/h5-6,9,13-14,19H,7-8,10-12H2,1-4H3,(H2,26,31)(H,27,32)/t19-/m0/s1. The minimum absolute atomic E-state index is 0.0171. The van der Waals surface area contributed by atoms with Crippen LogP contribution in [0.1, 0.15) is 33.3 Å². The molecule has 0 bridgehead atoms. The van der Waals surface area contributed by atoms with Gasteiger partial charge in [-0.05, 0) is 30.0 Å². The number of amides is 3. The van der Waals surface area contributed by atoms with Crippen LogP contribution < -0.4 is 16.0 Å². The number of halogens is 3. The summed E-state index contributed by atoms with van der Waals surface area (Å²) in [4.78, 5) is 39.8. The fraction of sp³-hybridized carbons (Fsp3) is 0.591. The summed E-state index contributed by atoms with van der Waals surface area (Å²) in [7, 11) is 0. The van der Waals surface area contributed by atoms with Gasteiger partial charge in [-0.1, -0.05) is 27.7 Å². The molecule has 1 aromatic carbocycles. The van der Waals surface area contributed by atoms with Gasteiger partial charge in [0.1, 0.15) is 6.61 Å². The van der Waals surface area contributed by atoms with Gasteiger partial charge >= 0.3 is 6.18 Å². The van der Waals surface area contributed by atoms with E-state index >= 15 is 0 Å². The molecule has 0 radical (unpaired) electrons. The van der Waals surface area contributed by atoms with Crippen LogP contribution in [0.2, 0.25) is 0 Å². The van der Waals surface area contributed by atoms with Crippen molar-refractivity contribution >= 4 is 29.1 Å². The van der Waals surface area contributed by atoms with Gasteiger partial charge in [-0.25, -0.2) is 0 Å². The average molecular weight is 473 g/mol. The maximum absolute atomic E-state index is 13.8. The number of primary amides is 1. The van der Waals surface area contributed by atoms with E-state index in [4.69, 9.17) is 10.5 Å². The van der Waals surface area contributed by atoms with Crippen LogP contribution in [0.3, 0.4) is 0 Å². The molecule has 2 rings (SSSR count). The first kappa shape index (κ1) is 26.6. The van der Waals surface area contributed by atoms with E-state index < -0.39 is 35.5 Å². The molecule has 0 aromatic heterocycles. The van der Waals surface area contributed by atoms with Crippen LogP contribution in [0.4, 0.5) is 24.5 Å². The highest BCUT2D eigenvalue weighted by Crippen LogP contribution is 2.38. The highest BCUT2D eigenvalue weighted by atomic mass is 19.4. The molecule has 184 valence electrons. The molecular weight excluding hydrogens is 441 g/mol. The van der Waals surface area contributed by atoms with E-state index in [2.05, 4.69) is 5.32 Å². The van der Waals surface area contributed by atoms with E-state index in [1.165, 1.54) is 6.07 Å². The Kier molecular flexibility index (Phi) is 8.84. The molecule has 0 spiro atoms. The van der Waals surface area contributed by atoms with Crippen molar-refractivity contribution in [3.63, 3.8) is 0 Å². The van der Waals surface area contributed by atoms with Gasteiger partial charge in [0, 0.05) is 25.3 Å². The monoisotopic (exact) mass is 472 g/mol. The number of nitrogens with two attached hydrogens (primary N) is 1. The lowest BCUT2D eigenvalue weighted by Crippen LogP contribution is -2.54. The van der Waals surface area contributed by atoms with Crippen molar-refractivity contribution < 1.29 is 32.3 Å². The Labute approximate surface area is 191 Å². The summed E-state index contributed by atoms with van der Waals surface area (Å²) in [6, 6.07) is 1.80. The smallest absolute Gasteiger partial charge is 0.370 e. The number of ether oxygens (including phenoxy) is 1. The molecule has 0 unspecified atom stereocenters. The Morgan fingerprint density at radius 1 is 1.18 bits per heavy atom. The van der Waals surface area contributed by atoms with Crippen molar-refractivity contribution in [3.05, 3.63) is 23.8 Å². The molecule has 1 saturated heterocycles. The van der Waals surface area contributed by atoms with Crippen LogP contribution in [0, 0.1) is 11.8 Å². The molecule has 0 saturated carbocycles. The molecule has 1 fully saturated rings. The predicted molar refractivity (Wildman–Crippen MR) is 117 cm³/mol. The van der Waals surface area contributed by atoms with Gasteiger partial charge in [0.15, 0.2) is 6.04 Å². The number of morpholine rings is 1. The van der Waals surface area contributed by atoms with Crippen LogP contribution in [0.15, 0.2) is 18.2 Å². The fourth-order valence-electron chi connectivity index (χ4n) is 3.76. The first-order chi connectivity index (χ1) is 15.3. The molecular formula is C22H31F3N4O4. The number of alkyl halides is 3. The second-order valence-electron chi connectivity index (χ2n) is 8.86. The van der Waals surface area contributed by atoms with Crippen LogP contribution in [-0.4, -0.2) is 61.5 Å². The van der Waals surface area contributed by atoms with Crippen LogP contribution in [0.25, 0.3) is 0 Å². The number of nitrogens with zero attached hydrogens (tertiary/aromatic N) is 2. The van der Waals surface area contributed by atoms with Gasteiger partial charge in [0.25, 0.3) is 11.8 Å². The van der Waals surface area contributed by atoms with Gasteiger partial charge in [-0.3, -0.25) is 19.3 Å². The molecule has 1 aliphatic heterocycles. The third-order valence-electron chi connectivity index (χ3n) is 4.93. The maximum atomic E-state index is 13.8. The predicted octanol–water partition coefficient (Wildman–Crippen LogP) is 2.47. The molecule has 8 nitrogen and oxygen atoms in total. The number of nitrogens with one attached hydrogen (secondary N) is 1. The zero-order chi connectivity index (χ0) is 24.9. The number of anilines is 2. The molecule has 0 aliphatic carbocycles. The fourth-order valence-corrected chi connectivity index (χ4v) is 3.76. The van der Waals surface area contributed by atoms with Crippen molar-refractivity contribution in [2.24, 2.45) is 17.6 Å². The number of benzene rings is 1. The van der Waals surface area contributed by atoms with E-state index in [1.54, 1.807) is 4.90 Å². The van der Waals surface area contributed by atoms with Crippen molar-refractivity contribution in [3.8, 4) is 0 Å².